The van der Waals surface area contributed by atoms with Gasteiger partial charge in [0.25, 0.3) is 5.91 Å². The zero-order valence-electron chi connectivity index (χ0n) is 13.6. The summed E-state index contributed by atoms with van der Waals surface area (Å²) in [5, 5.41) is 10.7. The van der Waals surface area contributed by atoms with E-state index >= 15 is 0 Å². The summed E-state index contributed by atoms with van der Waals surface area (Å²) in [5.74, 6) is -0.247. The van der Waals surface area contributed by atoms with Crippen molar-refractivity contribution in [1.82, 2.24) is 5.32 Å². The molecule has 2 rings (SSSR count). The first-order valence-corrected chi connectivity index (χ1v) is 8.96. The van der Waals surface area contributed by atoms with Gasteiger partial charge in [0.05, 0.1) is 29.3 Å². The second kappa shape index (κ2) is 9.38. The number of methoxy groups -OCH3 is 1. The van der Waals surface area contributed by atoms with Crippen LogP contribution in [0.3, 0.4) is 0 Å². The molecule has 0 bridgehead atoms. The van der Waals surface area contributed by atoms with Crippen LogP contribution in [0.2, 0.25) is 0 Å². The van der Waals surface area contributed by atoms with E-state index in [-0.39, 0.29) is 4.91 Å². The topological polar surface area (TPSA) is 89.4 Å². The van der Waals surface area contributed by atoms with Crippen molar-refractivity contribution in [1.29, 1.82) is 0 Å². The van der Waals surface area contributed by atoms with Gasteiger partial charge >= 0.3 is 5.97 Å². The second-order valence-electron chi connectivity index (χ2n) is 4.78. The van der Waals surface area contributed by atoms with Crippen LogP contribution >= 0.6 is 27.7 Å². The van der Waals surface area contributed by atoms with E-state index in [4.69, 9.17) is 4.74 Å². The Morgan fingerprint density at radius 1 is 1.44 bits per heavy atom. The molecule has 7 nitrogen and oxygen atoms in total. The average Bonchev–Trinajstić information content (AvgIpc) is 2.93. The van der Waals surface area contributed by atoms with Crippen LogP contribution in [0.4, 0.5) is 0 Å². The second-order valence-corrected chi connectivity index (χ2v) is 6.66. The van der Waals surface area contributed by atoms with Gasteiger partial charge < -0.3 is 9.47 Å². The van der Waals surface area contributed by atoms with Crippen LogP contribution in [0.15, 0.2) is 43.9 Å². The number of ether oxygens (including phenoxy) is 2. The number of nitrogens with one attached hydrogen (secondary N) is 1. The van der Waals surface area contributed by atoms with E-state index in [1.807, 2.05) is 25.1 Å². The maximum Gasteiger partial charge on any atom is 0.331 e. The molecular formula is C16H16BrN3O4S. The summed E-state index contributed by atoms with van der Waals surface area (Å²) in [6.07, 6.45) is 3.59. The highest BCUT2D eigenvalue weighted by atomic mass is 79.9. The van der Waals surface area contributed by atoms with Gasteiger partial charge in [-0.1, -0.05) is 6.92 Å². The number of carbonyl (C=O) groups is 2. The minimum absolute atomic E-state index is 0.209. The maximum absolute atomic E-state index is 11.7. The lowest BCUT2D eigenvalue weighted by molar-refractivity contribution is -0.135. The molecule has 25 heavy (non-hydrogen) atoms. The van der Waals surface area contributed by atoms with E-state index in [1.54, 1.807) is 6.21 Å². The number of esters is 1. The molecule has 1 aliphatic heterocycles. The van der Waals surface area contributed by atoms with Gasteiger partial charge in [0.2, 0.25) is 0 Å². The standard InChI is InChI=1S/C16H16BrN3O4S/c1-3-6-24-12-5-4-10(7-11(12)17)9-18-20-16-19-15(22)13(25-16)8-14(21)23-2/h4-5,7-9H,3,6H2,1-2H3,(H,19,20,22)/b13-8+,18-9?. The Hall–Kier alpha value is -2.13. The summed E-state index contributed by atoms with van der Waals surface area (Å²) in [5.41, 5.74) is 0.819. The van der Waals surface area contributed by atoms with Gasteiger partial charge in [0.1, 0.15) is 5.75 Å². The van der Waals surface area contributed by atoms with Crippen molar-refractivity contribution in [3.8, 4) is 5.75 Å². The van der Waals surface area contributed by atoms with Crippen LogP contribution in [0.25, 0.3) is 0 Å². The largest absolute Gasteiger partial charge is 0.492 e. The fraction of sp³-hybridized carbons (Fsp3) is 0.250. The lowest BCUT2D eigenvalue weighted by atomic mass is 10.2. The third-order valence-electron chi connectivity index (χ3n) is 2.87. The molecule has 1 heterocycles. The van der Waals surface area contributed by atoms with E-state index in [9.17, 15) is 9.59 Å². The van der Waals surface area contributed by atoms with Crippen LogP contribution in [0, 0.1) is 0 Å². The molecule has 9 heteroatoms. The average molecular weight is 426 g/mol. The molecule has 1 aromatic rings. The zero-order chi connectivity index (χ0) is 18.2. The molecule has 1 fully saturated rings. The van der Waals surface area contributed by atoms with Crippen molar-refractivity contribution in [3.63, 3.8) is 0 Å². The Morgan fingerprint density at radius 3 is 2.92 bits per heavy atom. The highest BCUT2D eigenvalue weighted by Gasteiger charge is 2.24. The van der Waals surface area contributed by atoms with Crippen molar-refractivity contribution < 1.29 is 19.1 Å². The smallest absolute Gasteiger partial charge is 0.331 e. The lowest BCUT2D eigenvalue weighted by Crippen LogP contribution is -2.19. The quantitative estimate of drug-likeness (QED) is 0.327. The van der Waals surface area contributed by atoms with Crippen LogP contribution < -0.4 is 10.1 Å². The molecule has 0 aliphatic carbocycles. The highest BCUT2D eigenvalue weighted by molar-refractivity contribution is 9.10. The van der Waals surface area contributed by atoms with Crippen molar-refractivity contribution in [3.05, 3.63) is 39.2 Å². The zero-order valence-corrected chi connectivity index (χ0v) is 16.0. The van der Waals surface area contributed by atoms with Gasteiger partial charge in [0.15, 0.2) is 5.17 Å². The highest BCUT2D eigenvalue weighted by Crippen LogP contribution is 2.26. The molecule has 0 unspecified atom stereocenters. The van der Waals surface area contributed by atoms with Crippen LogP contribution in [-0.2, 0) is 14.3 Å². The Morgan fingerprint density at radius 2 is 2.24 bits per heavy atom. The number of hydrogen-bond acceptors (Lipinski definition) is 7. The lowest BCUT2D eigenvalue weighted by Gasteiger charge is -2.06. The summed E-state index contributed by atoms with van der Waals surface area (Å²) in [4.78, 5) is 23.1. The van der Waals surface area contributed by atoms with Gasteiger partial charge in [-0.25, -0.2) is 4.79 Å². The third kappa shape index (κ3) is 5.71. The Labute approximate surface area is 157 Å². The fourth-order valence-corrected chi connectivity index (χ4v) is 2.97. The number of hydrogen-bond donors (Lipinski definition) is 1. The van der Waals surface area contributed by atoms with Gasteiger partial charge in [-0.3, -0.25) is 10.1 Å². The molecular weight excluding hydrogens is 410 g/mol. The maximum atomic E-state index is 11.7. The molecule has 1 amide bonds. The molecule has 1 N–H and O–H groups in total. The van der Waals surface area contributed by atoms with Gasteiger partial charge in [-0.05, 0) is 57.9 Å². The van der Waals surface area contributed by atoms with E-state index in [2.05, 4.69) is 36.2 Å². The number of halogens is 1. The molecule has 1 aliphatic rings. The molecule has 0 radical (unpaired) electrons. The molecule has 0 aromatic heterocycles. The molecule has 132 valence electrons. The number of carbonyl (C=O) groups excluding carboxylic acids is 2. The van der Waals surface area contributed by atoms with E-state index < -0.39 is 11.9 Å². The number of amidine groups is 1. The summed E-state index contributed by atoms with van der Waals surface area (Å²) >= 11 is 4.46. The summed E-state index contributed by atoms with van der Waals surface area (Å²) in [7, 11) is 1.24. The number of amides is 1. The minimum Gasteiger partial charge on any atom is -0.492 e. The summed E-state index contributed by atoms with van der Waals surface area (Å²) in [6, 6.07) is 5.55. The molecule has 1 saturated heterocycles. The van der Waals surface area contributed by atoms with Crippen molar-refractivity contribution in [2.24, 2.45) is 10.2 Å². The summed E-state index contributed by atoms with van der Waals surface area (Å²) < 4.78 is 10.9. The predicted octanol–water partition coefficient (Wildman–Crippen LogP) is 2.85. The Balaban J connectivity index is 2.02. The third-order valence-corrected chi connectivity index (χ3v) is 4.39. The van der Waals surface area contributed by atoms with E-state index in [1.165, 1.54) is 7.11 Å². The number of nitrogens with zero attached hydrogens (tertiary/aromatic N) is 2. The minimum atomic E-state index is -0.599. The molecule has 0 spiro atoms. The van der Waals surface area contributed by atoms with Gasteiger partial charge in [-0.15, -0.1) is 5.10 Å². The van der Waals surface area contributed by atoms with Crippen LogP contribution in [0.5, 0.6) is 5.75 Å². The van der Waals surface area contributed by atoms with Crippen LogP contribution in [0.1, 0.15) is 18.9 Å². The number of benzene rings is 1. The Bertz CT molecular complexity index is 762. The van der Waals surface area contributed by atoms with Crippen LogP contribution in [-0.4, -0.2) is 37.0 Å². The first-order valence-electron chi connectivity index (χ1n) is 7.35. The first kappa shape index (κ1) is 19.2. The molecule has 0 atom stereocenters. The monoisotopic (exact) mass is 425 g/mol. The molecule has 1 aromatic carbocycles. The van der Waals surface area contributed by atoms with Crippen molar-refractivity contribution >= 4 is 51.0 Å². The summed E-state index contributed by atoms with van der Waals surface area (Å²) in [6.45, 7) is 2.69. The molecule has 0 saturated carbocycles. The fourth-order valence-electron chi connectivity index (χ4n) is 1.72. The van der Waals surface area contributed by atoms with Crippen molar-refractivity contribution in [2.45, 2.75) is 13.3 Å². The SMILES string of the molecule is CCCOc1ccc(C=N/N=C2/NC(=O)/C(=C\C(=O)OC)S2)cc1Br. The van der Waals surface area contributed by atoms with Gasteiger partial charge in [-0.2, -0.15) is 5.10 Å². The van der Waals surface area contributed by atoms with E-state index in [0.717, 1.165) is 40.0 Å². The number of rotatable bonds is 6. The van der Waals surface area contributed by atoms with Gasteiger partial charge in [0, 0.05) is 6.08 Å². The van der Waals surface area contributed by atoms with E-state index in [0.29, 0.717) is 11.8 Å². The normalized spacial score (nSPS) is 17.3. The predicted molar refractivity (Wildman–Crippen MR) is 101 cm³/mol. The number of thioether (sulfide) groups is 1. The first-order chi connectivity index (χ1) is 12.0. The Kier molecular flexibility index (Phi) is 7.20. The van der Waals surface area contributed by atoms with Crippen molar-refractivity contribution in [2.75, 3.05) is 13.7 Å².